The van der Waals surface area contributed by atoms with E-state index < -0.39 is 12.0 Å². The van der Waals surface area contributed by atoms with Crippen LogP contribution < -0.4 is 10.5 Å². The number of aliphatic carboxylic acids is 1. The molecule has 0 unspecified atom stereocenters. The molecule has 8 nitrogen and oxygen atoms in total. The Balaban J connectivity index is 1.69. The molecule has 0 radical (unpaired) electrons. The van der Waals surface area contributed by atoms with E-state index in [4.69, 9.17) is 27.2 Å². The van der Waals surface area contributed by atoms with Crippen LogP contribution in [0.5, 0.6) is 11.5 Å². The van der Waals surface area contributed by atoms with Gasteiger partial charge < -0.3 is 15.6 Å². The van der Waals surface area contributed by atoms with Gasteiger partial charge in [-0.15, -0.1) is 10.2 Å². The second-order valence-electron chi connectivity index (χ2n) is 5.19. The summed E-state index contributed by atoms with van der Waals surface area (Å²) in [7, 11) is 0. The molecular formula is C16H14ClN5O3. The Kier molecular flexibility index (Phi) is 4.92. The van der Waals surface area contributed by atoms with Gasteiger partial charge in [-0.05, 0) is 53.7 Å². The molecule has 0 saturated carbocycles. The van der Waals surface area contributed by atoms with Gasteiger partial charge in [0.15, 0.2) is 0 Å². The van der Waals surface area contributed by atoms with Crippen molar-refractivity contribution in [2.75, 3.05) is 0 Å². The summed E-state index contributed by atoms with van der Waals surface area (Å²) in [6, 6.07) is 13.1. The van der Waals surface area contributed by atoms with Crippen molar-refractivity contribution >= 4 is 17.6 Å². The number of rotatable bonds is 6. The van der Waals surface area contributed by atoms with Crippen molar-refractivity contribution in [3.63, 3.8) is 0 Å². The highest BCUT2D eigenvalue weighted by molar-refractivity contribution is 6.30. The zero-order valence-electron chi connectivity index (χ0n) is 12.9. The molecule has 3 rings (SSSR count). The summed E-state index contributed by atoms with van der Waals surface area (Å²) in [5, 5.41) is 21.3. The highest BCUT2D eigenvalue weighted by atomic mass is 35.5. The van der Waals surface area contributed by atoms with Crippen molar-refractivity contribution in [2.24, 2.45) is 5.73 Å². The van der Waals surface area contributed by atoms with Crippen LogP contribution in [0.4, 0.5) is 0 Å². The van der Waals surface area contributed by atoms with Crippen LogP contribution >= 0.6 is 11.6 Å². The predicted octanol–water partition coefficient (Wildman–Crippen LogP) is 2.20. The third-order valence-electron chi connectivity index (χ3n) is 3.29. The van der Waals surface area contributed by atoms with Crippen molar-refractivity contribution in [2.45, 2.75) is 12.6 Å². The summed E-state index contributed by atoms with van der Waals surface area (Å²) < 4.78 is 5.71. The van der Waals surface area contributed by atoms with Gasteiger partial charge in [-0.1, -0.05) is 11.6 Å². The quantitative estimate of drug-likeness (QED) is 0.692. The first kappa shape index (κ1) is 16.9. The average molecular weight is 360 g/mol. The Morgan fingerprint density at radius 1 is 1.16 bits per heavy atom. The fourth-order valence-electron chi connectivity index (χ4n) is 2.00. The van der Waals surface area contributed by atoms with Gasteiger partial charge in [0, 0.05) is 10.6 Å². The van der Waals surface area contributed by atoms with Crippen LogP contribution in [0, 0.1) is 0 Å². The monoisotopic (exact) mass is 359 g/mol. The number of ether oxygens (including phenoxy) is 1. The molecule has 3 N–H and O–H groups in total. The Morgan fingerprint density at radius 3 is 2.36 bits per heavy atom. The zero-order valence-corrected chi connectivity index (χ0v) is 13.7. The van der Waals surface area contributed by atoms with E-state index in [2.05, 4.69) is 15.4 Å². The molecule has 0 aliphatic heterocycles. The van der Waals surface area contributed by atoms with E-state index in [0.717, 1.165) is 10.4 Å². The molecule has 1 atom stereocenters. The summed E-state index contributed by atoms with van der Waals surface area (Å²) in [6.45, 7) is -0.0555. The van der Waals surface area contributed by atoms with Crippen LogP contribution in [0.25, 0.3) is 11.4 Å². The second-order valence-corrected chi connectivity index (χ2v) is 5.63. The number of nitrogens with two attached hydrogens (primary N) is 1. The summed E-state index contributed by atoms with van der Waals surface area (Å²) in [4.78, 5) is 11.9. The largest absolute Gasteiger partial charge is 0.480 e. The molecule has 9 heteroatoms. The number of carbonyl (C=O) groups is 1. The molecule has 0 saturated heterocycles. The first-order chi connectivity index (χ1) is 12.0. The molecule has 25 heavy (non-hydrogen) atoms. The third-order valence-corrected chi connectivity index (χ3v) is 3.54. The SMILES string of the molecule is N[C@@H](Cn1nnc(-c2ccc(Oc3ccc(Cl)cc3)cc2)n1)C(=O)O. The van der Waals surface area contributed by atoms with Crippen LogP contribution in [0.1, 0.15) is 0 Å². The molecule has 0 amide bonds. The molecule has 1 heterocycles. The number of halogens is 1. The molecule has 2 aromatic carbocycles. The van der Waals surface area contributed by atoms with E-state index in [1.54, 1.807) is 48.5 Å². The highest BCUT2D eigenvalue weighted by Gasteiger charge is 2.14. The zero-order chi connectivity index (χ0) is 17.8. The number of nitrogens with zero attached hydrogens (tertiary/aromatic N) is 4. The van der Waals surface area contributed by atoms with E-state index in [-0.39, 0.29) is 6.54 Å². The molecule has 128 valence electrons. The summed E-state index contributed by atoms with van der Waals surface area (Å²) in [5.74, 6) is 0.563. The normalized spacial score (nSPS) is 11.9. The van der Waals surface area contributed by atoms with Gasteiger partial charge in [0.2, 0.25) is 5.82 Å². The Labute approximate surface area is 147 Å². The maximum atomic E-state index is 10.8. The van der Waals surface area contributed by atoms with Crippen LogP contribution in [0.2, 0.25) is 5.02 Å². The minimum absolute atomic E-state index is 0.0555. The first-order valence-corrected chi connectivity index (χ1v) is 7.69. The van der Waals surface area contributed by atoms with E-state index >= 15 is 0 Å². The van der Waals surface area contributed by atoms with Crippen molar-refractivity contribution in [3.8, 4) is 22.9 Å². The average Bonchev–Trinajstić information content (AvgIpc) is 3.06. The number of hydrogen-bond acceptors (Lipinski definition) is 6. The summed E-state index contributed by atoms with van der Waals surface area (Å²) in [6.07, 6.45) is 0. The van der Waals surface area contributed by atoms with Crippen molar-refractivity contribution in [1.82, 2.24) is 20.2 Å². The Bertz CT molecular complexity index is 864. The van der Waals surface area contributed by atoms with Crippen LogP contribution in [-0.4, -0.2) is 37.3 Å². The van der Waals surface area contributed by atoms with Gasteiger partial charge in [-0.25, -0.2) is 0 Å². The predicted molar refractivity (Wildman–Crippen MR) is 90.4 cm³/mol. The first-order valence-electron chi connectivity index (χ1n) is 7.31. The highest BCUT2D eigenvalue weighted by Crippen LogP contribution is 2.25. The van der Waals surface area contributed by atoms with Crippen LogP contribution in [0.3, 0.4) is 0 Å². The lowest BCUT2D eigenvalue weighted by Gasteiger charge is -2.06. The lowest BCUT2D eigenvalue weighted by Crippen LogP contribution is -2.35. The van der Waals surface area contributed by atoms with Crippen molar-refractivity contribution < 1.29 is 14.6 Å². The molecule has 0 aliphatic carbocycles. The topological polar surface area (TPSA) is 116 Å². The van der Waals surface area contributed by atoms with Gasteiger partial charge in [-0.2, -0.15) is 4.80 Å². The lowest BCUT2D eigenvalue weighted by atomic mass is 10.2. The maximum absolute atomic E-state index is 10.8. The lowest BCUT2D eigenvalue weighted by molar-refractivity contribution is -0.139. The van der Waals surface area contributed by atoms with Crippen LogP contribution in [0.15, 0.2) is 48.5 Å². The fourth-order valence-corrected chi connectivity index (χ4v) is 2.13. The number of carboxylic acid groups (broad SMARTS) is 1. The van der Waals surface area contributed by atoms with Crippen molar-refractivity contribution in [1.29, 1.82) is 0 Å². The van der Waals surface area contributed by atoms with E-state index in [9.17, 15) is 4.79 Å². The van der Waals surface area contributed by atoms with Gasteiger partial charge >= 0.3 is 5.97 Å². The van der Waals surface area contributed by atoms with Gasteiger partial charge in [0.05, 0.1) is 6.54 Å². The fraction of sp³-hybridized carbons (Fsp3) is 0.125. The molecular weight excluding hydrogens is 346 g/mol. The van der Waals surface area contributed by atoms with E-state index in [0.29, 0.717) is 22.3 Å². The number of tetrazole rings is 1. The molecule has 1 aromatic heterocycles. The molecule has 0 fully saturated rings. The maximum Gasteiger partial charge on any atom is 0.322 e. The Hall–Kier alpha value is -2.97. The number of carboxylic acids is 1. The van der Waals surface area contributed by atoms with Crippen molar-refractivity contribution in [3.05, 3.63) is 53.6 Å². The smallest absolute Gasteiger partial charge is 0.322 e. The van der Waals surface area contributed by atoms with Crippen LogP contribution in [-0.2, 0) is 11.3 Å². The number of hydrogen-bond donors (Lipinski definition) is 2. The van der Waals surface area contributed by atoms with Gasteiger partial charge in [0.25, 0.3) is 0 Å². The summed E-state index contributed by atoms with van der Waals surface area (Å²) in [5.41, 5.74) is 6.17. The third kappa shape index (κ3) is 4.31. The van der Waals surface area contributed by atoms with E-state index in [1.807, 2.05) is 0 Å². The molecule has 0 spiro atoms. The van der Waals surface area contributed by atoms with E-state index in [1.165, 1.54) is 0 Å². The molecule has 0 bridgehead atoms. The number of benzene rings is 2. The van der Waals surface area contributed by atoms with Gasteiger partial charge in [0.1, 0.15) is 17.5 Å². The molecule has 0 aliphatic rings. The second kappa shape index (κ2) is 7.29. The Morgan fingerprint density at radius 2 is 1.76 bits per heavy atom. The molecule has 3 aromatic rings. The number of aromatic nitrogens is 4. The van der Waals surface area contributed by atoms with Gasteiger partial charge in [-0.3, -0.25) is 4.79 Å². The summed E-state index contributed by atoms with van der Waals surface area (Å²) >= 11 is 5.84. The standard InChI is InChI=1S/C16H14ClN5O3/c17-11-3-7-13(8-4-11)25-12-5-1-10(2-6-12)15-19-21-22(20-15)9-14(18)16(23)24/h1-8,14H,9,18H2,(H,23,24)/t14-/m0/s1. The minimum atomic E-state index is -1.12. The minimum Gasteiger partial charge on any atom is -0.480 e.